The summed E-state index contributed by atoms with van der Waals surface area (Å²) in [6.45, 7) is 5.38. The van der Waals surface area contributed by atoms with E-state index in [1.165, 1.54) is 0 Å². The van der Waals surface area contributed by atoms with Gasteiger partial charge in [-0.25, -0.2) is 0 Å². The highest BCUT2D eigenvalue weighted by atomic mass is 35.5. The Labute approximate surface area is 198 Å². The van der Waals surface area contributed by atoms with Crippen LogP contribution in [0.3, 0.4) is 0 Å². The summed E-state index contributed by atoms with van der Waals surface area (Å²) in [4.78, 5) is 33.5. The van der Waals surface area contributed by atoms with Gasteiger partial charge < -0.3 is 19.6 Å². The van der Waals surface area contributed by atoms with Gasteiger partial charge in [-0.2, -0.15) is 0 Å². The molecule has 2 atom stereocenters. The van der Waals surface area contributed by atoms with Crippen LogP contribution in [0, 0.1) is 16.0 Å². The molecule has 174 valence electrons. The van der Waals surface area contributed by atoms with Crippen molar-refractivity contribution >= 4 is 34.6 Å². The summed E-state index contributed by atoms with van der Waals surface area (Å²) in [5.41, 5.74) is 3.10. The Kier molecular flexibility index (Phi) is 5.88. The number of benzene rings is 2. The van der Waals surface area contributed by atoms with E-state index >= 15 is 0 Å². The van der Waals surface area contributed by atoms with Crippen molar-refractivity contribution in [1.29, 1.82) is 0 Å². The van der Waals surface area contributed by atoms with E-state index in [1.807, 2.05) is 35.2 Å². The molecule has 0 spiro atoms. The molecule has 0 N–H and O–H groups in total. The summed E-state index contributed by atoms with van der Waals surface area (Å²) >= 11 is 6.15. The maximum absolute atomic E-state index is 13.7. The van der Waals surface area contributed by atoms with Gasteiger partial charge in [0.2, 0.25) is 5.91 Å². The lowest BCUT2D eigenvalue weighted by Crippen LogP contribution is -2.61. The fraction of sp³-hybridized carbons (Fsp3) is 0.458. The van der Waals surface area contributed by atoms with Crippen LogP contribution in [0.25, 0.3) is 0 Å². The number of anilines is 2. The molecular weight excluding hydrogens is 442 g/mol. The number of hydrogen-bond acceptors (Lipinski definition) is 6. The highest BCUT2D eigenvalue weighted by Crippen LogP contribution is 2.38. The van der Waals surface area contributed by atoms with Gasteiger partial charge in [0.25, 0.3) is 5.69 Å². The number of fused-ring (bicyclic) bond motifs is 3. The van der Waals surface area contributed by atoms with E-state index in [-0.39, 0.29) is 28.5 Å². The van der Waals surface area contributed by atoms with Gasteiger partial charge >= 0.3 is 0 Å². The fourth-order valence-electron chi connectivity index (χ4n) is 5.44. The van der Waals surface area contributed by atoms with Crippen LogP contribution in [0.2, 0.25) is 5.02 Å². The summed E-state index contributed by atoms with van der Waals surface area (Å²) in [5.74, 6) is -0.0526. The molecule has 2 aromatic rings. The van der Waals surface area contributed by atoms with Crippen molar-refractivity contribution in [2.45, 2.75) is 12.5 Å². The standard InChI is InChI=1S/C24H28ClN5O3/c1-26-7-12-29-22-6-5-20(30(32)33)13-17(22)14-21(23(29)16-26)24(31)28-10-8-27(9-11-28)19-4-2-3-18(25)15-19/h2-6,13,15,21,23H,7-12,14,16H2,1H3/t21-,23+/m1/s1. The summed E-state index contributed by atoms with van der Waals surface area (Å²) in [7, 11) is 2.09. The molecule has 3 aliphatic heterocycles. The van der Waals surface area contributed by atoms with Gasteiger partial charge in [-0.05, 0) is 43.3 Å². The van der Waals surface area contributed by atoms with Crippen molar-refractivity contribution in [2.24, 2.45) is 5.92 Å². The van der Waals surface area contributed by atoms with Crippen LogP contribution in [0.1, 0.15) is 5.56 Å². The van der Waals surface area contributed by atoms with Crippen molar-refractivity contribution in [3.05, 3.63) is 63.2 Å². The molecule has 33 heavy (non-hydrogen) atoms. The largest absolute Gasteiger partial charge is 0.368 e. The molecule has 0 aromatic heterocycles. The van der Waals surface area contributed by atoms with E-state index in [2.05, 4.69) is 21.7 Å². The predicted molar refractivity (Wildman–Crippen MR) is 129 cm³/mol. The molecule has 3 aliphatic rings. The maximum Gasteiger partial charge on any atom is 0.269 e. The number of nitro benzene ring substituents is 1. The first kappa shape index (κ1) is 22.0. The van der Waals surface area contributed by atoms with E-state index in [0.717, 1.165) is 49.7 Å². The average Bonchev–Trinajstić information content (AvgIpc) is 2.82. The molecular formula is C24H28ClN5O3. The van der Waals surface area contributed by atoms with Crippen LogP contribution in [0.15, 0.2) is 42.5 Å². The third-order valence-corrected chi connectivity index (χ3v) is 7.43. The highest BCUT2D eigenvalue weighted by molar-refractivity contribution is 6.30. The Morgan fingerprint density at radius 3 is 2.58 bits per heavy atom. The van der Waals surface area contributed by atoms with Gasteiger partial charge in [0.15, 0.2) is 0 Å². The van der Waals surface area contributed by atoms with Crippen LogP contribution in [0.5, 0.6) is 0 Å². The minimum absolute atomic E-state index is 0.0798. The minimum atomic E-state index is -0.359. The number of carbonyl (C=O) groups excluding carboxylic acids is 1. The second-order valence-corrected chi connectivity index (χ2v) is 9.63. The molecule has 9 heteroatoms. The molecule has 5 rings (SSSR count). The number of halogens is 1. The molecule has 0 saturated carbocycles. The van der Waals surface area contributed by atoms with Gasteiger partial charge in [-0.1, -0.05) is 17.7 Å². The summed E-state index contributed by atoms with van der Waals surface area (Å²) in [6.07, 6.45) is 0.541. The zero-order chi connectivity index (χ0) is 23.1. The Balaban J connectivity index is 1.36. The van der Waals surface area contributed by atoms with E-state index < -0.39 is 0 Å². The number of nitrogens with zero attached hydrogens (tertiary/aromatic N) is 5. The Bertz CT molecular complexity index is 1070. The molecule has 3 heterocycles. The molecule has 2 aromatic carbocycles. The summed E-state index contributed by atoms with van der Waals surface area (Å²) in [5, 5.41) is 12.1. The molecule has 0 unspecified atom stereocenters. The molecule has 1 amide bonds. The Morgan fingerprint density at radius 1 is 1.06 bits per heavy atom. The number of non-ortho nitro benzene ring substituents is 1. The highest BCUT2D eigenvalue weighted by Gasteiger charge is 2.43. The monoisotopic (exact) mass is 469 g/mol. The van der Waals surface area contributed by atoms with Crippen LogP contribution >= 0.6 is 11.6 Å². The fourth-order valence-corrected chi connectivity index (χ4v) is 5.63. The van der Waals surface area contributed by atoms with Crippen molar-refractivity contribution in [1.82, 2.24) is 9.80 Å². The molecule has 2 fully saturated rings. The van der Waals surface area contributed by atoms with Crippen LogP contribution in [0.4, 0.5) is 17.1 Å². The number of nitro groups is 1. The van der Waals surface area contributed by atoms with Crippen molar-refractivity contribution in [2.75, 3.05) is 62.7 Å². The number of likely N-dealkylation sites (N-methyl/N-ethyl adjacent to an activating group) is 1. The van der Waals surface area contributed by atoms with Crippen LogP contribution < -0.4 is 9.80 Å². The number of hydrogen-bond donors (Lipinski definition) is 0. The van der Waals surface area contributed by atoms with Crippen molar-refractivity contribution in [3.8, 4) is 0 Å². The van der Waals surface area contributed by atoms with Crippen LogP contribution in [-0.4, -0.2) is 79.5 Å². The Hall–Kier alpha value is -2.84. The van der Waals surface area contributed by atoms with Gasteiger partial charge in [0.05, 0.1) is 16.9 Å². The SMILES string of the molecule is CN1CCN2c3ccc([N+](=O)[O-])cc3C[C@@H](C(=O)N3CCN(c4cccc(Cl)c4)CC3)[C@@H]2C1. The molecule has 8 nitrogen and oxygen atoms in total. The second-order valence-electron chi connectivity index (χ2n) is 9.20. The number of rotatable bonds is 3. The summed E-state index contributed by atoms with van der Waals surface area (Å²) in [6, 6.07) is 13.0. The third kappa shape index (κ3) is 4.25. The normalized spacial score (nSPS) is 23.2. The van der Waals surface area contributed by atoms with E-state index in [0.29, 0.717) is 24.5 Å². The first-order valence-electron chi connectivity index (χ1n) is 11.4. The van der Waals surface area contributed by atoms with Crippen LogP contribution in [-0.2, 0) is 11.2 Å². The average molecular weight is 470 g/mol. The molecule has 0 aliphatic carbocycles. The number of piperazine rings is 2. The van der Waals surface area contributed by atoms with Gasteiger partial charge in [-0.15, -0.1) is 0 Å². The topological polar surface area (TPSA) is 73.2 Å². The lowest BCUT2D eigenvalue weighted by atomic mass is 9.82. The molecule has 2 saturated heterocycles. The van der Waals surface area contributed by atoms with Gasteiger partial charge in [-0.3, -0.25) is 14.9 Å². The minimum Gasteiger partial charge on any atom is -0.368 e. The zero-order valence-electron chi connectivity index (χ0n) is 18.7. The van der Waals surface area contributed by atoms with E-state index in [9.17, 15) is 14.9 Å². The second kappa shape index (κ2) is 8.83. The predicted octanol–water partition coefficient (Wildman–Crippen LogP) is 2.89. The lowest BCUT2D eigenvalue weighted by molar-refractivity contribution is -0.384. The van der Waals surface area contributed by atoms with Gasteiger partial charge in [0.1, 0.15) is 0 Å². The zero-order valence-corrected chi connectivity index (χ0v) is 19.4. The van der Waals surface area contributed by atoms with Gasteiger partial charge in [0, 0.05) is 74.3 Å². The summed E-state index contributed by atoms with van der Waals surface area (Å²) < 4.78 is 0. The first-order valence-corrected chi connectivity index (χ1v) is 11.8. The quantitative estimate of drug-likeness (QED) is 0.508. The van der Waals surface area contributed by atoms with E-state index in [1.54, 1.807) is 12.1 Å². The smallest absolute Gasteiger partial charge is 0.269 e. The maximum atomic E-state index is 13.7. The number of amides is 1. The van der Waals surface area contributed by atoms with E-state index in [4.69, 9.17) is 11.6 Å². The van der Waals surface area contributed by atoms with Crippen molar-refractivity contribution in [3.63, 3.8) is 0 Å². The Morgan fingerprint density at radius 2 is 1.85 bits per heavy atom. The third-order valence-electron chi connectivity index (χ3n) is 7.19. The van der Waals surface area contributed by atoms with Crippen molar-refractivity contribution < 1.29 is 9.72 Å². The molecule has 0 bridgehead atoms. The lowest BCUT2D eigenvalue weighted by Gasteiger charge is -2.49. The number of carbonyl (C=O) groups is 1. The first-order chi connectivity index (χ1) is 15.9. The molecule has 0 radical (unpaired) electrons.